The van der Waals surface area contributed by atoms with E-state index in [9.17, 15) is 4.79 Å². The molecule has 1 N–H and O–H groups in total. The molecule has 1 aromatic heterocycles. The number of nitrogens with one attached hydrogen (secondary N) is 1. The van der Waals surface area contributed by atoms with Crippen molar-refractivity contribution in [2.24, 2.45) is 0 Å². The summed E-state index contributed by atoms with van der Waals surface area (Å²) in [7, 11) is 0. The first-order chi connectivity index (χ1) is 9.67. The molecule has 108 valence electrons. The number of allylic oxidation sites excluding steroid dienone is 4. The van der Waals surface area contributed by atoms with E-state index < -0.39 is 0 Å². The normalized spacial score (nSPS) is 19.2. The van der Waals surface area contributed by atoms with Crippen LogP contribution in [0.2, 0.25) is 0 Å². The number of alkyl halides is 1. The number of hydrogen-bond acceptors (Lipinski definition) is 1. The molecule has 1 atom stereocenters. The average molecular weight is 293 g/mol. The Morgan fingerprint density at radius 2 is 2.40 bits per heavy atom. The molecule has 0 saturated carbocycles. The Labute approximate surface area is 125 Å². The smallest absolute Gasteiger partial charge is 0.268 e. The summed E-state index contributed by atoms with van der Waals surface area (Å²) in [4.78, 5) is 11.9. The van der Waals surface area contributed by atoms with Crippen molar-refractivity contribution in [3.63, 3.8) is 0 Å². The van der Waals surface area contributed by atoms with Crippen molar-refractivity contribution in [3.8, 4) is 0 Å². The number of amides is 1. The Kier molecular flexibility index (Phi) is 5.07. The molecule has 2 rings (SSSR count). The van der Waals surface area contributed by atoms with Gasteiger partial charge in [0.2, 0.25) is 0 Å². The second-order valence-corrected chi connectivity index (χ2v) is 5.43. The van der Waals surface area contributed by atoms with Crippen molar-refractivity contribution in [1.82, 2.24) is 9.88 Å². The highest BCUT2D eigenvalue weighted by molar-refractivity contribution is 6.17. The van der Waals surface area contributed by atoms with Gasteiger partial charge in [0.05, 0.1) is 6.04 Å². The van der Waals surface area contributed by atoms with Gasteiger partial charge in [-0.1, -0.05) is 25.2 Å². The molecule has 0 aromatic carbocycles. The zero-order chi connectivity index (χ0) is 14.5. The number of rotatable bonds is 5. The summed E-state index contributed by atoms with van der Waals surface area (Å²) in [5.41, 5.74) is 2.99. The van der Waals surface area contributed by atoms with E-state index in [0.29, 0.717) is 12.4 Å². The quantitative estimate of drug-likeness (QED) is 0.650. The van der Waals surface area contributed by atoms with Gasteiger partial charge in [-0.2, -0.15) is 0 Å². The van der Waals surface area contributed by atoms with Crippen LogP contribution in [0.3, 0.4) is 0 Å². The lowest BCUT2D eigenvalue weighted by atomic mass is 10.1. The summed E-state index contributed by atoms with van der Waals surface area (Å²) in [6.07, 6.45) is 10.2. The van der Waals surface area contributed by atoms with Crippen LogP contribution in [0, 0.1) is 0 Å². The summed E-state index contributed by atoms with van der Waals surface area (Å²) < 4.78 is 2.07. The summed E-state index contributed by atoms with van der Waals surface area (Å²) >= 11 is 5.85. The summed E-state index contributed by atoms with van der Waals surface area (Å²) in [5.74, 6) is 0.598. The van der Waals surface area contributed by atoms with Crippen LogP contribution >= 0.6 is 11.6 Å². The third-order valence-electron chi connectivity index (χ3n) is 3.59. The summed E-state index contributed by atoms with van der Waals surface area (Å²) in [5, 5.41) is 2.93. The van der Waals surface area contributed by atoms with Gasteiger partial charge in [0.25, 0.3) is 5.91 Å². The van der Waals surface area contributed by atoms with Crippen molar-refractivity contribution in [2.75, 3.05) is 12.4 Å². The molecule has 1 aliphatic rings. The fraction of sp³-hybridized carbons (Fsp3) is 0.438. The molecule has 2 heterocycles. The van der Waals surface area contributed by atoms with E-state index in [4.69, 9.17) is 11.6 Å². The van der Waals surface area contributed by atoms with Crippen molar-refractivity contribution < 1.29 is 4.79 Å². The lowest BCUT2D eigenvalue weighted by Gasteiger charge is -2.25. The molecular weight excluding hydrogens is 272 g/mol. The monoisotopic (exact) mass is 292 g/mol. The molecule has 0 radical (unpaired) electrons. The van der Waals surface area contributed by atoms with E-state index in [2.05, 4.69) is 48.2 Å². The Bertz CT molecular complexity index is 543. The number of nitrogens with zero attached hydrogens (tertiary/aromatic N) is 1. The van der Waals surface area contributed by atoms with Crippen LogP contribution in [0.5, 0.6) is 0 Å². The molecule has 1 amide bonds. The Morgan fingerprint density at radius 1 is 1.60 bits per heavy atom. The molecule has 0 fully saturated rings. The molecule has 0 spiro atoms. The van der Waals surface area contributed by atoms with Crippen molar-refractivity contribution in [2.45, 2.75) is 32.7 Å². The number of fused-ring (bicyclic) bond motifs is 1. The van der Waals surface area contributed by atoms with Crippen LogP contribution in [0.25, 0.3) is 5.57 Å². The number of carbonyl (C=O) groups excluding carboxylic acids is 1. The van der Waals surface area contributed by atoms with Crippen LogP contribution in [0.1, 0.15) is 48.8 Å². The van der Waals surface area contributed by atoms with Crippen molar-refractivity contribution in [3.05, 3.63) is 41.7 Å². The molecular formula is C16H21ClN2O. The summed E-state index contributed by atoms with van der Waals surface area (Å²) in [6, 6.07) is 2.22. The first kappa shape index (κ1) is 14.9. The minimum absolute atomic E-state index is 0.000951. The minimum Gasteiger partial charge on any atom is -0.349 e. The highest BCUT2D eigenvalue weighted by Crippen LogP contribution is 2.25. The molecule has 1 aromatic rings. The highest BCUT2D eigenvalue weighted by atomic mass is 35.5. The number of carbonyl (C=O) groups is 1. The van der Waals surface area contributed by atoms with Gasteiger partial charge in [-0.3, -0.25) is 4.79 Å². The number of aromatic nitrogens is 1. The third kappa shape index (κ3) is 3.15. The topological polar surface area (TPSA) is 34.0 Å². The van der Waals surface area contributed by atoms with Crippen LogP contribution in [0.4, 0.5) is 0 Å². The Morgan fingerprint density at radius 3 is 3.10 bits per heavy atom. The second-order valence-electron chi connectivity index (χ2n) is 5.05. The fourth-order valence-corrected chi connectivity index (χ4v) is 2.64. The zero-order valence-corrected chi connectivity index (χ0v) is 12.8. The van der Waals surface area contributed by atoms with Crippen LogP contribution in [-0.4, -0.2) is 22.9 Å². The summed E-state index contributed by atoms with van der Waals surface area (Å²) in [6.45, 7) is 4.83. The Balaban J connectivity index is 2.30. The SMILES string of the molecule is CCC=CC=C(C)c1cc2n(c1)C(CCCl)CNC2=O. The van der Waals surface area contributed by atoms with Gasteiger partial charge >= 0.3 is 0 Å². The number of hydrogen-bond donors (Lipinski definition) is 1. The van der Waals surface area contributed by atoms with Crippen LogP contribution in [0.15, 0.2) is 30.5 Å². The lowest BCUT2D eigenvalue weighted by Crippen LogP contribution is -2.38. The molecule has 0 saturated heterocycles. The molecule has 0 bridgehead atoms. The molecule has 20 heavy (non-hydrogen) atoms. The molecule has 4 heteroatoms. The lowest BCUT2D eigenvalue weighted by molar-refractivity contribution is 0.0914. The van der Waals surface area contributed by atoms with E-state index in [1.54, 1.807) is 0 Å². The van der Waals surface area contributed by atoms with Gasteiger partial charge in [0.1, 0.15) is 5.69 Å². The van der Waals surface area contributed by atoms with Crippen molar-refractivity contribution >= 4 is 23.1 Å². The van der Waals surface area contributed by atoms with Crippen molar-refractivity contribution in [1.29, 1.82) is 0 Å². The van der Waals surface area contributed by atoms with E-state index in [1.807, 2.05) is 6.07 Å². The standard InChI is InChI=1S/C16H21ClN2O/c1-3-4-5-6-12(2)13-9-15-16(20)18-10-14(7-8-17)19(15)11-13/h4-6,9,11,14H,3,7-8,10H2,1-2H3,(H,18,20). The van der Waals surface area contributed by atoms with Gasteiger partial charge in [-0.25, -0.2) is 0 Å². The molecule has 3 nitrogen and oxygen atoms in total. The fourth-order valence-electron chi connectivity index (χ4n) is 2.39. The van der Waals surface area contributed by atoms with Gasteiger partial charge in [0.15, 0.2) is 0 Å². The van der Waals surface area contributed by atoms with E-state index in [-0.39, 0.29) is 11.9 Å². The third-order valence-corrected chi connectivity index (χ3v) is 3.81. The average Bonchev–Trinajstić information content (AvgIpc) is 2.88. The first-order valence-electron chi connectivity index (χ1n) is 7.07. The predicted octanol–water partition coefficient (Wildman–Crippen LogP) is 3.77. The highest BCUT2D eigenvalue weighted by Gasteiger charge is 2.25. The predicted molar refractivity (Wildman–Crippen MR) is 84.2 cm³/mol. The molecule has 0 aliphatic carbocycles. The second kappa shape index (κ2) is 6.80. The maximum absolute atomic E-state index is 11.9. The first-order valence-corrected chi connectivity index (χ1v) is 7.60. The molecule has 1 unspecified atom stereocenters. The zero-order valence-electron chi connectivity index (χ0n) is 12.0. The van der Waals surface area contributed by atoms with Gasteiger partial charge in [-0.15, -0.1) is 11.6 Å². The van der Waals surface area contributed by atoms with Crippen LogP contribution in [-0.2, 0) is 0 Å². The van der Waals surface area contributed by atoms with Gasteiger partial charge in [-0.05, 0) is 37.0 Å². The van der Waals surface area contributed by atoms with E-state index >= 15 is 0 Å². The van der Waals surface area contributed by atoms with E-state index in [1.165, 1.54) is 0 Å². The Hall–Kier alpha value is -1.48. The number of halogens is 1. The minimum atomic E-state index is -0.000951. The van der Waals surface area contributed by atoms with Gasteiger partial charge in [0, 0.05) is 18.6 Å². The van der Waals surface area contributed by atoms with Crippen LogP contribution < -0.4 is 5.32 Å². The van der Waals surface area contributed by atoms with Gasteiger partial charge < -0.3 is 9.88 Å². The van der Waals surface area contributed by atoms with E-state index in [0.717, 1.165) is 29.7 Å². The maximum Gasteiger partial charge on any atom is 0.268 e. The largest absolute Gasteiger partial charge is 0.349 e. The maximum atomic E-state index is 11.9. The molecule has 1 aliphatic heterocycles.